The molecular weight excluding hydrogens is 356 g/mol. The summed E-state index contributed by atoms with van der Waals surface area (Å²) in [5, 5.41) is 3.87. The lowest BCUT2D eigenvalue weighted by molar-refractivity contribution is -0.140. The standard InChI is InChI=1S/C22H24N2O4/c1-27-16-9-7-15(8-10-16)22-18(17-5-3-4-6-19(17)24-22)11-12-20(25)23-14-13-21(26)28-2/h3-10,24H,11-14H2,1-2H3,(H,23,25). The number of esters is 1. The molecule has 0 radical (unpaired) electrons. The van der Waals surface area contributed by atoms with Crippen LogP contribution in [0.4, 0.5) is 0 Å². The van der Waals surface area contributed by atoms with Gasteiger partial charge in [-0.3, -0.25) is 9.59 Å². The van der Waals surface area contributed by atoms with Gasteiger partial charge in [-0.25, -0.2) is 0 Å². The van der Waals surface area contributed by atoms with Gasteiger partial charge in [0.15, 0.2) is 0 Å². The second-order valence-electron chi connectivity index (χ2n) is 6.43. The second kappa shape index (κ2) is 9.08. The molecule has 3 rings (SSSR count). The van der Waals surface area contributed by atoms with E-state index in [9.17, 15) is 9.59 Å². The van der Waals surface area contributed by atoms with Crippen LogP contribution in [-0.4, -0.2) is 37.6 Å². The van der Waals surface area contributed by atoms with Crippen molar-refractivity contribution in [2.24, 2.45) is 0 Å². The molecule has 6 heteroatoms. The monoisotopic (exact) mass is 380 g/mol. The van der Waals surface area contributed by atoms with Crippen molar-refractivity contribution in [3.8, 4) is 17.0 Å². The Balaban J connectivity index is 1.77. The van der Waals surface area contributed by atoms with Crippen LogP contribution in [0.3, 0.4) is 0 Å². The Bertz CT molecular complexity index is 960. The van der Waals surface area contributed by atoms with Gasteiger partial charge in [0.25, 0.3) is 0 Å². The van der Waals surface area contributed by atoms with E-state index < -0.39 is 0 Å². The lowest BCUT2D eigenvalue weighted by atomic mass is 10.0. The quantitative estimate of drug-likeness (QED) is 0.587. The van der Waals surface area contributed by atoms with Gasteiger partial charge >= 0.3 is 5.97 Å². The first-order chi connectivity index (χ1) is 13.6. The number of rotatable bonds is 8. The Labute approximate surface area is 163 Å². The maximum Gasteiger partial charge on any atom is 0.307 e. The van der Waals surface area contributed by atoms with E-state index in [1.54, 1.807) is 7.11 Å². The summed E-state index contributed by atoms with van der Waals surface area (Å²) >= 11 is 0. The van der Waals surface area contributed by atoms with Crippen molar-refractivity contribution >= 4 is 22.8 Å². The molecule has 0 aliphatic carbocycles. The van der Waals surface area contributed by atoms with Gasteiger partial charge in [0.2, 0.25) is 5.91 Å². The van der Waals surface area contributed by atoms with E-state index in [0.717, 1.165) is 33.5 Å². The van der Waals surface area contributed by atoms with Crippen LogP contribution in [0.1, 0.15) is 18.4 Å². The SMILES string of the molecule is COC(=O)CCNC(=O)CCc1c(-c2ccc(OC)cc2)[nH]c2ccccc12. The third kappa shape index (κ3) is 4.52. The zero-order valence-corrected chi connectivity index (χ0v) is 16.1. The molecule has 0 saturated heterocycles. The van der Waals surface area contributed by atoms with E-state index in [1.165, 1.54) is 7.11 Å². The van der Waals surface area contributed by atoms with Crippen molar-refractivity contribution in [2.75, 3.05) is 20.8 Å². The highest BCUT2D eigenvalue weighted by Crippen LogP contribution is 2.32. The van der Waals surface area contributed by atoms with Crippen LogP contribution in [0.5, 0.6) is 5.75 Å². The third-order valence-corrected chi connectivity index (χ3v) is 4.67. The highest BCUT2D eigenvalue weighted by Gasteiger charge is 2.14. The van der Waals surface area contributed by atoms with E-state index in [2.05, 4.69) is 21.1 Å². The number of H-pyrrole nitrogens is 1. The molecule has 0 aliphatic rings. The molecule has 1 heterocycles. The summed E-state index contributed by atoms with van der Waals surface area (Å²) in [7, 11) is 2.98. The number of nitrogens with one attached hydrogen (secondary N) is 2. The normalized spacial score (nSPS) is 10.6. The van der Waals surface area contributed by atoms with Crippen molar-refractivity contribution in [1.82, 2.24) is 10.3 Å². The summed E-state index contributed by atoms with van der Waals surface area (Å²) in [6.45, 7) is 0.282. The van der Waals surface area contributed by atoms with Crippen molar-refractivity contribution in [3.63, 3.8) is 0 Å². The van der Waals surface area contributed by atoms with Crippen LogP contribution < -0.4 is 10.1 Å². The van der Waals surface area contributed by atoms with Crippen molar-refractivity contribution in [1.29, 1.82) is 0 Å². The maximum absolute atomic E-state index is 12.2. The molecule has 2 N–H and O–H groups in total. The van der Waals surface area contributed by atoms with E-state index in [-0.39, 0.29) is 24.8 Å². The minimum atomic E-state index is -0.335. The van der Waals surface area contributed by atoms with E-state index in [4.69, 9.17) is 4.74 Å². The zero-order valence-electron chi connectivity index (χ0n) is 16.1. The largest absolute Gasteiger partial charge is 0.497 e. The van der Waals surface area contributed by atoms with Gasteiger partial charge < -0.3 is 19.8 Å². The maximum atomic E-state index is 12.2. The number of aromatic amines is 1. The molecule has 146 valence electrons. The number of carbonyl (C=O) groups excluding carboxylic acids is 2. The summed E-state index contributed by atoms with van der Waals surface area (Å²) < 4.78 is 9.82. The molecule has 3 aromatic rings. The van der Waals surface area contributed by atoms with Crippen molar-refractivity contribution in [3.05, 3.63) is 54.1 Å². The molecule has 1 aromatic heterocycles. The van der Waals surface area contributed by atoms with Gasteiger partial charge in [-0.1, -0.05) is 18.2 Å². The van der Waals surface area contributed by atoms with Crippen LogP contribution in [0.15, 0.2) is 48.5 Å². The average Bonchev–Trinajstić information content (AvgIpc) is 3.10. The predicted octanol–water partition coefficient (Wildman–Crippen LogP) is 3.46. The van der Waals surface area contributed by atoms with Crippen molar-refractivity contribution < 1.29 is 19.1 Å². The van der Waals surface area contributed by atoms with E-state index in [1.807, 2.05) is 42.5 Å². The Morgan fingerprint density at radius 1 is 1.00 bits per heavy atom. The number of hydrogen-bond donors (Lipinski definition) is 2. The number of fused-ring (bicyclic) bond motifs is 1. The summed E-state index contributed by atoms with van der Waals surface area (Å²) in [6.07, 6.45) is 1.11. The van der Waals surface area contributed by atoms with Crippen molar-refractivity contribution in [2.45, 2.75) is 19.3 Å². The molecule has 0 aliphatic heterocycles. The number of methoxy groups -OCH3 is 2. The zero-order chi connectivity index (χ0) is 19.9. The van der Waals surface area contributed by atoms with E-state index in [0.29, 0.717) is 12.8 Å². The number of aryl methyl sites for hydroxylation is 1. The highest BCUT2D eigenvalue weighted by atomic mass is 16.5. The molecule has 0 bridgehead atoms. The molecule has 0 spiro atoms. The fourth-order valence-electron chi connectivity index (χ4n) is 3.20. The Kier molecular flexibility index (Phi) is 6.32. The minimum Gasteiger partial charge on any atom is -0.497 e. The Morgan fingerprint density at radius 3 is 2.46 bits per heavy atom. The molecule has 2 aromatic carbocycles. The number of aromatic nitrogens is 1. The van der Waals surface area contributed by atoms with Gasteiger partial charge in [-0.05, 0) is 47.9 Å². The molecular formula is C22H24N2O4. The molecule has 0 fully saturated rings. The molecule has 0 saturated carbocycles. The van der Waals surface area contributed by atoms with E-state index >= 15 is 0 Å². The van der Waals surface area contributed by atoms with Crippen LogP contribution in [0.25, 0.3) is 22.2 Å². The topological polar surface area (TPSA) is 80.4 Å². The number of hydrogen-bond acceptors (Lipinski definition) is 4. The highest BCUT2D eigenvalue weighted by molar-refractivity contribution is 5.91. The summed E-state index contributed by atoms with van der Waals surface area (Å²) in [5.41, 5.74) is 4.18. The van der Waals surface area contributed by atoms with Crippen LogP contribution in [-0.2, 0) is 20.7 Å². The Morgan fingerprint density at radius 2 is 1.75 bits per heavy atom. The number of benzene rings is 2. The lowest BCUT2D eigenvalue weighted by Crippen LogP contribution is -2.26. The first-order valence-corrected chi connectivity index (χ1v) is 9.20. The summed E-state index contributed by atoms with van der Waals surface area (Å²) in [6, 6.07) is 15.9. The predicted molar refractivity (Wildman–Crippen MR) is 108 cm³/mol. The molecule has 0 unspecified atom stereocenters. The summed E-state index contributed by atoms with van der Waals surface area (Å²) in [4.78, 5) is 26.8. The number of ether oxygens (including phenoxy) is 2. The smallest absolute Gasteiger partial charge is 0.307 e. The molecule has 28 heavy (non-hydrogen) atoms. The third-order valence-electron chi connectivity index (χ3n) is 4.67. The van der Waals surface area contributed by atoms with Gasteiger partial charge in [0.05, 0.1) is 20.6 Å². The van der Waals surface area contributed by atoms with Gasteiger partial charge in [-0.2, -0.15) is 0 Å². The first kappa shape index (κ1) is 19.5. The van der Waals surface area contributed by atoms with Crippen LogP contribution in [0, 0.1) is 0 Å². The number of carbonyl (C=O) groups is 2. The lowest BCUT2D eigenvalue weighted by Gasteiger charge is -2.08. The Hall–Kier alpha value is -3.28. The van der Waals surface area contributed by atoms with Gasteiger partial charge in [0.1, 0.15) is 5.75 Å². The van der Waals surface area contributed by atoms with Crippen LogP contribution >= 0.6 is 0 Å². The van der Waals surface area contributed by atoms with Gasteiger partial charge in [-0.15, -0.1) is 0 Å². The fourth-order valence-corrected chi connectivity index (χ4v) is 3.20. The number of amides is 1. The summed E-state index contributed by atoms with van der Waals surface area (Å²) in [5.74, 6) is 0.375. The average molecular weight is 380 g/mol. The van der Waals surface area contributed by atoms with Gasteiger partial charge in [0, 0.05) is 29.6 Å². The minimum absolute atomic E-state index is 0.0881. The molecule has 1 amide bonds. The fraction of sp³-hybridized carbons (Fsp3) is 0.273. The molecule has 0 atom stereocenters. The first-order valence-electron chi connectivity index (χ1n) is 9.20. The number of para-hydroxylation sites is 1. The van der Waals surface area contributed by atoms with Crippen LogP contribution in [0.2, 0.25) is 0 Å². The second-order valence-corrected chi connectivity index (χ2v) is 6.43. The molecule has 6 nitrogen and oxygen atoms in total.